The summed E-state index contributed by atoms with van der Waals surface area (Å²) < 4.78 is 8.26. The maximum atomic E-state index is 12.7. The van der Waals surface area contributed by atoms with Crippen molar-refractivity contribution < 1.29 is 9.21 Å². The molecule has 1 amide bonds. The van der Waals surface area contributed by atoms with Gasteiger partial charge in [-0.25, -0.2) is 4.68 Å². The van der Waals surface area contributed by atoms with E-state index in [1.165, 1.54) is 10.2 Å². The SMILES string of the molecule is O=C(Cn1ncn2c(cc3occc32)c1=O)N1CCC(c2ccncc2)CC1. The monoisotopic (exact) mass is 377 g/mol. The van der Waals surface area contributed by atoms with Gasteiger partial charge in [0.25, 0.3) is 5.56 Å². The number of fused-ring (bicyclic) bond motifs is 3. The lowest BCUT2D eigenvalue weighted by atomic mass is 9.90. The van der Waals surface area contributed by atoms with E-state index >= 15 is 0 Å². The van der Waals surface area contributed by atoms with Crippen LogP contribution in [-0.4, -0.2) is 43.1 Å². The van der Waals surface area contributed by atoms with E-state index in [-0.39, 0.29) is 18.0 Å². The lowest BCUT2D eigenvalue weighted by Gasteiger charge is -2.32. The summed E-state index contributed by atoms with van der Waals surface area (Å²) in [4.78, 5) is 31.3. The largest absolute Gasteiger partial charge is 0.463 e. The minimum absolute atomic E-state index is 0.0538. The number of nitrogens with zero attached hydrogens (tertiary/aromatic N) is 5. The number of carbonyl (C=O) groups is 1. The van der Waals surface area contributed by atoms with Crippen LogP contribution in [0.3, 0.4) is 0 Å². The molecule has 0 bridgehead atoms. The highest BCUT2D eigenvalue weighted by atomic mass is 16.3. The van der Waals surface area contributed by atoms with E-state index in [2.05, 4.69) is 10.1 Å². The lowest BCUT2D eigenvalue weighted by Crippen LogP contribution is -2.41. The molecule has 0 spiro atoms. The number of pyridine rings is 1. The highest BCUT2D eigenvalue weighted by Crippen LogP contribution is 2.27. The van der Waals surface area contributed by atoms with E-state index in [1.54, 1.807) is 41.5 Å². The Hall–Kier alpha value is -3.42. The van der Waals surface area contributed by atoms with Gasteiger partial charge < -0.3 is 9.32 Å². The fourth-order valence-electron chi connectivity index (χ4n) is 3.97. The van der Waals surface area contributed by atoms with Gasteiger partial charge in [-0.2, -0.15) is 5.10 Å². The van der Waals surface area contributed by atoms with Crippen LogP contribution in [0.15, 0.2) is 58.5 Å². The van der Waals surface area contributed by atoms with Crippen LogP contribution in [0.2, 0.25) is 0 Å². The van der Waals surface area contributed by atoms with Crippen LogP contribution in [0.5, 0.6) is 0 Å². The Morgan fingerprint density at radius 3 is 2.71 bits per heavy atom. The van der Waals surface area contributed by atoms with Gasteiger partial charge >= 0.3 is 0 Å². The Labute approximate surface area is 160 Å². The van der Waals surface area contributed by atoms with E-state index in [0.29, 0.717) is 30.1 Å². The Bertz CT molecular complexity index is 1200. The predicted octanol–water partition coefficient (Wildman–Crippen LogP) is 2.04. The zero-order valence-electron chi connectivity index (χ0n) is 15.2. The maximum Gasteiger partial charge on any atom is 0.291 e. The third-order valence-electron chi connectivity index (χ3n) is 5.53. The quantitative estimate of drug-likeness (QED) is 0.545. The molecular weight excluding hydrogens is 358 g/mol. The molecule has 1 saturated heterocycles. The number of carbonyl (C=O) groups excluding carboxylic acids is 1. The molecular formula is C20H19N5O3. The molecule has 0 N–H and O–H groups in total. The highest BCUT2D eigenvalue weighted by Gasteiger charge is 2.24. The summed E-state index contributed by atoms with van der Waals surface area (Å²) >= 11 is 0. The van der Waals surface area contributed by atoms with Crippen molar-refractivity contribution >= 4 is 22.5 Å². The van der Waals surface area contributed by atoms with Gasteiger partial charge in [0.15, 0.2) is 5.58 Å². The number of piperidine rings is 1. The van der Waals surface area contributed by atoms with Gasteiger partial charge in [0.1, 0.15) is 18.4 Å². The summed E-state index contributed by atoms with van der Waals surface area (Å²) in [5, 5.41) is 4.18. The van der Waals surface area contributed by atoms with Crippen LogP contribution in [0, 0.1) is 0 Å². The maximum absolute atomic E-state index is 12.7. The Kier molecular flexibility index (Phi) is 3.96. The van der Waals surface area contributed by atoms with Crippen molar-refractivity contribution in [3.63, 3.8) is 0 Å². The van der Waals surface area contributed by atoms with Gasteiger partial charge in [0.05, 0.1) is 11.8 Å². The zero-order valence-corrected chi connectivity index (χ0v) is 15.2. The van der Waals surface area contributed by atoms with Crippen molar-refractivity contribution in [1.82, 2.24) is 24.1 Å². The van der Waals surface area contributed by atoms with Gasteiger partial charge in [-0.1, -0.05) is 0 Å². The van der Waals surface area contributed by atoms with Crippen LogP contribution in [-0.2, 0) is 11.3 Å². The second-order valence-corrected chi connectivity index (χ2v) is 7.10. The van der Waals surface area contributed by atoms with Crippen LogP contribution in [0.4, 0.5) is 0 Å². The van der Waals surface area contributed by atoms with Crippen molar-refractivity contribution in [2.24, 2.45) is 0 Å². The average molecular weight is 377 g/mol. The van der Waals surface area contributed by atoms with E-state index in [1.807, 2.05) is 17.0 Å². The first-order chi connectivity index (χ1) is 13.7. The molecule has 0 atom stereocenters. The molecule has 4 aromatic heterocycles. The summed E-state index contributed by atoms with van der Waals surface area (Å²) in [6.07, 6.45) is 8.55. The van der Waals surface area contributed by atoms with Crippen molar-refractivity contribution in [2.45, 2.75) is 25.3 Å². The van der Waals surface area contributed by atoms with E-state index in [9.17, 15) is 9.59 Å². The fraction of sp³-hybridized carbons (Fsp3) is 0.300. The minimum atomic E-state index is -0.297. The molecule has 1 aliphatic rings. The summed E-state index contributed by atoms with van der Waals surface area (Å²) in [7, 11) is 0. The Balaban J connectivity index is 1.31. The molecule has 8 heteroatoms. The first-order valence-electron chi connectivity index (χ1n) is 9.33. The molecule has 5 heterocycles. The lowest BCUT2D eigenvalue weighted by molar-refractivity contribution is -0.133. The van der Waals surface area contributed by atoms with Gasteiger partial charge in [0, 0.05) is 37.6 Å². The number of rotatable bonds is 3. The third kappa shape index (κ3) is 2.77. The Morgan fingerprint density at radius 2 is 1.93 bits per heavy atom. The Morgan fingerprint density at radius 1 is 1.14 bits per heavy atom. The second-order valence-electron chi connectivity index (χ2n) is 7.10. The number of furan rings is 1. The van der Waals surface area contributed by atoms with E-state index in [4.69, 9.17) is 4.42 Å². The minimum Gasteiger partial charge on any atom is -0.463 e. The zero-order chi connectivity index (χ0) is 19.1. The molecule has 0 aliphatic carbocycles. The van der Waals surface area contributed by atoms with Gasteiger partial charge in [-0.05, 0) is 36.5 Å². The molecule has 0 saturated carbocycles. The van der Waals surface area contributed by atoms with Crippen LogP contribution < -0.4 is 5.56 Å². The number of aromatic nitrogens is 4. The molecule has 0 unspecified atom stereocenters. The number of hydrogen-bond acceptors (Lipinski definition) is 5. The first kappa shape index (κ1) is 16.7. The molecule has 0 aromatic carbocycles. The third-order valence-corrected chi connectivity index (χ3v) is 5.53. The normalized spacial score (nSPS) is 15.5. The van der Waals surface area contributed by atoms with Gasteiger partial charge in [0.2, 0.25) is 5.91 Å². The molecule has 4 aromatic rings. The summed E-state index contributed by atoms with van der Waals surface area (Å²) in [5.74, 6) is 0.364. The van der Waals surface area contributed by atoms with Crippen LogP contribution in [0.1, 0.15) is 24.3 Å². The molecule has 142 valence electrons. The number of amides is 1. The smallest absolute Gasteiger partial charge is 0.291 e. The van der Waals surface area contributed by atoms with Gasteiger partial charge in [-0.3, -0.25) is 19.0 Å². The van der Waals surface area contributed by atoms with Crippen molar-refractivity contribution in [3.05, 3.63) is 65.2 Å². The molecule has 1 fully saturated rings. The number of likely N-dealkylation sites (tertiary alicyclic amines) is 1. The van der Waals surface area contributed by atoms with E-state index < -0.39 is 0 Å². The van der Waals surface area contributed by atoms with Crippen molar-refractivity contribution in [1.29, 1.82) is 0 Å². The average Bonchev–Trinajstić information content (AvgIpc) is 3.33. The molecule has 0 radical (unpaired) electrons. The molecule has 1 aliphatic heterocycles. The van der Waals surface area contributed by atoms with Gasteiger partial charge in [-0.15, -0.1) is 0 Å². The second kappa shape index (κ2) is 6.63. The molecule has 28 heavy (non-hydrogen) atoms. The predicted molar refractivity (Wildman–Crippen MR) is 102 cm³/mol. The van der Waals surface area contributed by atoms with E-state index in [0.717, 1.165) is 18.4 Å². The summed E-state index contributed by atoms with van der Waals surface area (Å²) in [5.41, 5.74) is 2.84. The highest BCUT2D eigenvalue weighted by molar-refractivity contribution is 5.82. The standard InChI is InChI=1S/C20H19N5O3/c26-19(23-8-3-15(4-9-23)14-1-6-21-7-2-14)12-25-20(27)17-11-18-16(5-10-28-18)24(17)13-22-25/h1-2,5-7,10-11,13,15H,3-4,8-9,12H2. The first-order valence-corrected chi connectivity index (χ1v) is 9.33. The summed E-state index contributed by atoms with van der Waals surface area (Å²) in [6.45, 7) is 1.31. The van der Waals surface area contributed by atoms with Crippen molar-refractivity contribution in [2.75, 3.05) is 13.1 Å². The van der Waals surface area contributed by atoms with Crippen molar-refractivity contribution in [3.8, 4) is 0 Å². The topological polar surface area (TPSA) is 85.6 Å². The van der Waals surface area contributed by atoms with Crippen LogP contribution in [0.25, 0.3) is 16.6 Å². The summed E-state index contributed by atoms with van der Waals surface area (Å²) in [6, 6.07) is 7.54. The fourth-order valence-corrected chi connectivity index (χ4v) is 3.97. The molecule has 5 rings (SSSR count). The number of hydrogen-bond donors (Lipinski definition) is 0. The van der Waals surface area contributed by atoms with Crippen LogP contribution >= 0.6 is 0 Å². The molecule has 8 nitrogen and oxygen atoms in total.